The summed E-state index contributed by atoms with van der Waals surface area (Å²) in [5.74, 6) is 0. The summed E-state index contributed by atoms with van der Waals surface area (Å²) >= 11 is 0. The second kappa shape index (κ2) is 7.86. The van der Waals surface area contributed by atoms with Crippen LogP contribution in [0.1, 0.15) is 48.1 Å². The lowest BCUT2D eigenvalue weighted by Gasteiger charge is -2.31. The van der Waals surface area contributed by atoms with E-state index < -0.39 is 29.6 Å². The molecule has 2 aromatic carbocycles. The summed E-state index contributed by atoms with van der Waals surface area (Å²) in [6.07, 6.45) is -5.29. The maximum atomic E-state index is 13.1. The second-order valence-electron chi connectivity index (χ2n) is 7.32. The molecule has 1 nitrogen and oxygen atoms in total. The van der Waals surface area contributed by atoms with Crippen molar-refractivity contribution < 1.29 is 31.1 Å². The van der Waals surface area contributed by atoms with Crippen molar-refractivity contribution in [2.45, 2.75) is 43.6 Å². The Morgan fingerprint density at radius 1 is 0.862 bits per heavy atom. The molecule has 0 fully saturated rings. The van der Waals surface area contributed by atoms with Crippen LogP contribution in [0.4, 0.5) is 26.3 Å². The minimum atomic E-state index is -4.88. The fourth-order valence-electron chi connectivity index (χ4n) is 3.52. The van der Waals surface area contributed by atoms with Crippen molar-refractivity contribution >= 4 is 0 Å². The zero-order chi connectivity index (χ0) is 21.3. The molecule has 0 radical (unpaired) electrons. The number of alkyl halides is 6. The lowest BCUT2D eigenvalue weighted by Crippen LogP contribution is -2.29. The van der Waals surface area contributed by atoms with E-state index in [2.05, 4.69) is 0 Å². The normalized spacial score (nSPS) is 17.5. The molecular formula is C22H20F6O. The molecule has 0 aliphatic heterocycles. The lowest BCUT2D eigenvalue weighted by molar-refractivity contribution is -0.143. The summed E-state index contributed by atoms with van der Waals surface area (Å²) in [5, 5.41) is 0. The van der Waals surface area contributed by atoms with E-state index in [4.69, 9.17) is 4.74 Å². The summed E-state index contributed by atoms with van der Waals surface area (Å²) < 4.78 is 84.4. The molecule has 1 aliphatic rings. The number of rotatable bonds is 5. The third kappa shape index (κ3) is 4.83. The smallest absolute Gasteiger partial charge is 0.373 e. The van der Waals surface area contributed by atoms with Gasteiger partial charge in [-0.2, -0.15) is 26.3 Å². The van der Waals surface area contributed by atoms with Crippen LogP contribution in [0.15, 0.2) is 60.7 Å². The van der Waals surface area contributed by atoms with Crippen LogP contribution in [0.5, 0.6) is 0 Å². The van der Waals surface area contributed by atoms with Crippen LogP contribution in [0.3, 0.4) is 0 Å². The molecule has 1 atom stereocenters. The van der Waals surface area contributed by atoms with Gasteiger partial charge in [0, 0.05) is 5.41 Å². The zero-order valence-electron chi connectivity index (χ0n) is 15.6. The second-order valence-corrected chi connectivity index (χ2v) is 7.32. The van der Waals surface area contributed by atoms with E-state index in [0.717, 1.165) is 17.7 Å². The fraction of sp³-hybridized carbons (Fsp3) is 0.364. The third-order valence-electron chi connectivity index (χ3n) is 5.26. The van der Waals surface area contributed by atoms with Gasteiger partial charge in [-0.25, -0.2) is 0 Å². The number of halogens is 6. The van der Waals surface area contributed by atoms with Crippen LogP contribution in [0.2, 0.25) is 0 Å². The van der Waals surface area contributed by atoms with Crippen molar-refractivity contribution in [2.24, 2.45) is 0 Å². The van der Waals surface area contributed by atoms with E-state index in [-0.39, 0.29) is 23.7 Å². The van der Waals surface area contributed by atoms with Gasteiger partial charge in [0.1, 0.15) is 0 Å². The first kappa shape index (κ1) is 21.4. The van der Waals surface area contributed by atoms with Gasteiger partial charge in [-0.05, 0) is 49.1 Å². The average molecular weight is 414 g/mol. The minimum absolute atomic E-state index is 0.128. The topological polar surface area (TPSA) is 9.23 Å². The highest BCUT2D eigenvalue weighted by Crippen LogP contribution is 2.40. The van der Waals surface area contributed by atoms with E-state index in [1.807, 2.05) is 42.5 Å². The van der Waals surface area contributed by atoms with Crippen LogP contribution < -0.4 is 0 Å². The van der Waals surface area contributed by atoms with E-state index in [0.29, 0.717) is 12.8 Å². The van der Waals surface area contributed by atoms with Crippen molar-refractivity contribution in [3.63, 3.8) is 0 Å². The molecule has 3 rings (SSSR count). The lowest BCUT2D eigenvalue weighted by atomic mass is 9.79. The first-order valence-corrected chi connectivity index (χ1v) is 9.13. The molecule has 0 saturated carbocycles. The van der Waals surface area contributed by atoms with Crippen LogP contribution in [-0.2, 0) is 22.5 Å². The molecule has 0 bridgehead atoms. The Labute approximate surface area is 165 Å². The summed E-state index contributed by atoms with van der Waals surface area (Å²) in [5.41, 5.74) is -2.17. The van der Waals surface area contributed by atoms with E-state index in [1.54, 1.807) is 0 Å². The number of hydrogen-bond acceptors (Lipinski definition) is 1. The Morgan fingerprint density at radius 3 is 1.86 bits per heavy atom. The molecule has 156 valence electrons. The van der Waals surface area contributed by atoms with Gasteiger partial charge in [-0.1, -0.05) is 42.5 Å². The maximum absolute atomic E-state index is 13.1. The minimum Gasteiger partial charge on any atom is -0.373 e. The number of benzene rings is 2. The van der Waals surface area contributed by atoms with Crippen molar-refractivity contribution in [3.8, 4) is 0 Å². The summed E-state index contributed by atoms with van der Waals surface area (Å²) in [7, 11) is 0. The van der Waals surface area contributed by atoms with Gasteiger partial charge >= 0.3 is 12.4 Å². The van der Waals surface area contributed by atoms with E-state index >= 15 is 0 Å². The highest BCUT2D eigenvalue weighted by molar-refractivity contribution is 5.35. The molecule has 0 aromatic heterocycles. The highest BCUT2D eigenvalue weighted by Gasteiger charge is 2.38. The van der Waals surface area contributed by atoms with Gasteiger partial charge in [0.05, 0.1) is 23.8 Å². The summed E-state index contributed by atoms with van der Waals surface area (Å²) in [6, 6.07) is 11.1. The largest absolute Gasteiger partial charge is 0.416 e. The van der Waals surface area contributed by atoms with Gasteiger partial charge < -0.3 is 4.74 Å². The van der Waals surface area contributed by atoms with Crippen molar-refractivity contribution in [2.75, 3.05) is 6.61 Å². The molecule has 0 spiro atoms. The Hall–Kier alpha value is -2.28. The molecule has 7 heteroatoms. The predicted molar refractivity (Wildman–Crippen MR) is 97.3 cm³/mol. The Kier molecular flexibility index (Phi) is 5.81. The zero-order valence-corrected chi connectivity index (χ0v) is 15.6. The quantitative estimate of drug-likeness (QED) is 0.375. The van der Waals surface area contributed by atoms with E-state index in [9.17, 15) is 26.3 Å². The van der Waals surface area contributed by atoms with Crippen LogP contribution in [0, 0.1) is 0 Å². The van der Waals surface area contributed by atoms with Gasteiger partial charge in [-0.15, -0.1) is 0 Å². The summed E-state index contributed by atoms with van der Waals surface area (Å²) in [6.45, 7) is 1.65. The molecule has 0 heterocycles. The van der Waals surface area contributed by atoms with Crippen LogP contribution in [0.25, 0.3) is 0 Å². The molecule has 1 aliphatic carbocycles. The van der Waals surface area contributed by atoms with Gasteiger partial charge in [0.2, 0.25) is 0 Å². The fourth-order valence-corrected chi connectivity index (χ4v) is 3.52. The first-order chi connectivity index (χ1) is 13.5. The standard InChI is InChI=1S/C22H20F6O/c1-15(16-11-18(21(23,24)25)13-19(12-16)22(26,27)28)29-14-20(9-5-6-10-20)17-7-3-2-4-8-17/h2-8,11-13,15H,9-10,14H2,1H3/t15-/m1/s1. The molecule has 0 unspecified atom stereocenters. The maximum Gasteiger partial charge on any atom is 0.416 e. The van der Waals surface area contributed by atoms with Crippen LogP contribution >= 0.6 is 0 Å². The molecule has 2 aromatic rings. The molecule has 0 amide bonds. The Balaban J connectivity index is 1.86. The average Bonchev–Trinajstić information content (AvgIpc) is 3.15. The van der Waals surface area contributed by atoms with Crippen molar-refractivity contribution in [3.05, 3.63) is 82.9 Å². The molecule has 0 N–H and O–H groups in total. The highest BCUT2D eigenvalue weighted by atomic mass is 19.4. The number of ether oxygens (including phenoxy) is 1. The SMILES string of the molecule is C[C@@H](OCC1(c2ccccc2)CC=CC1)c1cc(C(F)(F)F)cc(C(F)(F)F)c1. The molecular weight excluding hydrogens is 394 g/mol. The van der Waals surface area contributed by atoms with Crippen LogP contribution in [-0.4, -0.2) is 6.61 Å². The summed E-state index contributed by atoms with van der Waals surface area (Å²) in [4.78, 5) is 0. The molecule has 29 heavy (non-hydrogen) atoms. The van der Waals surface area contributed by atoms with Crippen molar-refractivity contribution in [1.29, 1.82) is 0 Å². The number of hydrogen-bond donors (Lipinski definition) is 0. The monoisotopic (exact) mass is 414 g/mol. The molecule has 0 saturated heterocycles. The van der Waals surface area contributed by atoms with Gasteiger partial charge in [0.15, 0.2) is 0 Å². The first-order valence-electron chi connectivity index (χ1n) is 9.13. The van der Waals surface area contributed by atoms with Crippen molar-refractivity contribution in [1.82, 2.24) is 0 Å². The Bertz CT molecular complexity index is 827. The van der Waals surface area contributed by atoms with E-state index in [1.165, 1.54) is 6.92 Å². The van der Waals surface area contributed by atoms with Gasteiger partial charge in [0.25, 0.3) is 0 Å². The third-order valence-corrected chi connectivity index (χ3v) is 5.26. The number of allylic oxidation sites excluding steroid dienone is 2. The predicted octanol–water partition coefficient (Wildman–Crippen LogP) is 7.09. The van der Waals surface area contributed by atoms with Gasteiger partial charge in [-0.3, -0.25) is 0 Å². The Morgan fingerprint density at radius 2 is 1.38 bits per heavy atom.